The van der Waals surface area contributed by atoms with Gasteiger partial charge in [-0.25, -0.2) is 0 Å². The second-order valence-electron chi connectivity index (χ2n) is 7.17. The van der Waals surface area contributed by atoms with Gasteiger partial charge >= 0.3 is 5.97 Å². The Morgan fingerprint density at radius 1 is 1.00 bits per heavy atom. The van der Waals surface area contributed by atoms with Gasteiger partial charge in [-0.05, 0) is 23.8 Å². The molecular weight excluding hydrogens is 392 g/mol. The smallest absolute Gasteiger partial charge is 0.323 e. The van der Waals surface area contributed by atoms with Gasteiger partial charge in [-0.15, -0.1) is 0 Å². The van der Waals surface area contributed by atoms with E-state index in [0.29, 0.717) is 16.8 Å². The van der Waals surface area contributed by atoms with Crippen molar-refractivity contribution in [2.75, 3.05) is 12.4 Å². The van der Waals surface area contributed by atoms with Crippen molar-refractivity contribution in [2.45, 2.75) is 12.6 Å². The van der Waals surface area contributed by atoms with Crippen LogP contribution in [-0.2, 0) is 11.3 Å². The number of carbonyl (C=O) groups is 2. The summed E-state index contributed by atoms with van der Waals surface area (Å²) in [6.45, 7) is -0.215. The summed E-state index contributed by atoms with van der Waals surface area (Å²) in [6, 6.07) is 23.5. The maximum Gasteiger partial charge on any atom is 0.323 e. The Kier molecular flexibility index (Phi) is 5.71. The van der Waals surface area contributed by atoms with Crippen LogP contribution in [-0.4, -0.2) is 28.5 Å². The molecule has 0 bridgehead atoms. The lowest BCUT2D eigenvalue weighted by molar-refractivity contribution is -0.137. The first-order valence-corrected chi connectivity index (χ1v) is 9.86. The number of anilines is 1. The topological polar surface area (TPSA) is 80.6 Å². The summed E-state index contributed by atoms with van der Waals surface area (Å²) in [7, 11) is 1.59. The number of aromatic nitrogens is 1. The molecule has 0 spiro atoms. The number of methoxy groups -OCH3 is 1. The zero-order valence-corrected chi connectivity index (χ0v) is 17.0. The molecule has 0 aliphatic carbocycles. The number of aliphatic carboxylic acids is 1. The second-order valence-corrected chi connectivity index (χ2v) is 7.17. The van der Waals surface area contributed by atoms with E-state index < -0.39 is 12.0 Å². The van der Waals surface area contributed by atoms with Gasteiger partial charge in [0, 0.05) is 34.4 Å². The first-order valence-electron chi connectivity index (χ1n) is 9.86. The summed E-state index contributed by atoms with van der Waals surface area (Å²) in [5.74, 6) is -0.425. The fourth-order valence-electron chi connectivity index (χ4n) is 3.70. The molecule has 1 atom stereocenters. The van der Waals surface area contributed by atoms with Crippen molar-refractivity contribution in [1.82, 2.24) is 4.57 Å². The summed E-state index contributed by atoms with van der Waals surface area (Å²) >= 11 is 0. The highest BCUT2D eigenvalue weighted by Crippen LogP contribution is 2.30. The SMILES string of the molecule is COc1cccc(NC(C(=O)c2cn(CC(=O)O)c3ccccc23)c2ccccc2)c1. The van der Waals surface area contributed by atoms with Crippen molar-refractivity contribution in [2.24, 2.45) is 0 Å². The van der Waals surface area contributed by atoms with Crippen molar-refractivity contribution in [1.29, 1.82) is 0 Å². The van der Waals surface area contributed by atoms with Gasteiger partial charge in [0.25, 0.3) is 0 Å². The molecule has 0 fully saturated rings. The van der Waals surface area contributed by atoms with E-state index in [9.17, 15) is 14.7 Å². The minimum Gasteiger partial charge on any atom is -0.497 e. The van der Waals surface area contributed by atoms with Gasteiger partial charge < -0.3 is 19.7 Å². The van der Waals surface area contributed by atoms with Crippen molar-refractivity contribution >= 4 is 28.3 Å². The van der Waals surface area contributed by atoms with E-state index in [-0.39, 0.29) is 12.3 Å². The molecule has 0 radical (unpaired) electrons. The molecule has 31 heavy (non-hydrogen) atoms. The number of hydrogen-bond donors (Lipinski definition) is 2. The van der Waals surface area contributed by atoms with Crippen LogP contribution < -0.4 is 10.1 Å². The van der Waals surface area contributed by atoms with Gasteiger partial charge in [0.15, 0.2) is 5.78 Å². The van der Waals surface area contributed by atoms with E-state index in [1.165, 1.54) is 0 Å². The van der Waals surface area contributed by atoms with Crippen molar-refractivity contribution in [3.63, 3.8) is 0 Å². The Balaban J connectivity index is 1.78. The Morgan fingerprint density at radius 3 is 2.48 bits per heavy atom. The number of nitrogens with zero attached hydrogens (tertiary/aromatic N) is 1. The molecule has 0 saturated carbocycles. The van der Waals surface area contributed by atoms with Crippen LogP contribution in [0.4, 0.5) is 5.69 Å². The molecule has 0 aliphatic rings. The summed E-state index contributed by atoms with van der Waals surface area (Å²) in [6.07, 6.45) is 1.63. The molecule has 0 aliphatic heterocycles. The summed E-state index contributed by atoms with van der Waals surface area (Å²) in [5.41, 5.74) is 2.74. The quantitative estimate of drug-likeness (QED) is 0.406. The van der Waals surface area contributed by atoms with E-state index in [0.717, 1.165) is 16.6 Å². The molecule has 4 aromatic rings. The molecule has 0 saturated heterocycles. The van der Waals surface area contributed by atoms with Gasteiger partial charge in [0.1, 0.15) is 18.3 Å². The fourth-order valence-corrected chi connectivity index (χ4v) is 3.70. The Bertz CT molecular complexity index is 1230. The Hall–Kier alpha value is -4.06. The largest absolute Gasteiger partial charge is 0.497 e. The Morgan fingerprint density at radius 2 is 1.74 bits per heavy atom. The van der Waals surface area contributed by atoms with Crippen molar-refractivity contribution < 1.29 is 19.4 Å². The highest BCUT2D eigenvalue weighted by Gasteiger charge is 2.26. The zero-order chi connectivity index (χ0) is 21.8. The number of nitrogens with one attached hydrogen (secondary N) is 1. The third-order valence-electron chi connectivity index (χ3n) is 5.14. The van der Waals surface area contributed by atoms with Crippen molar-refractivity contribution in [3.05, 3.63) is 96.2 Å². The number of carbonyl (C=O) groups excluding carboxylic acids is 1. The van der Waals surface area contributed by atoms with Crippen molar-refractivity contribution in [3.8, 4) is 5.75 Å². The van der Waals surface area contributed by atoms with Gasteiger partial charge in [-0.1, -0.05) is 54.6 Å². The van der Waals surface area contributed by atoms with E-state index in [2.05, 4.69) is 5.32 Å². The molecule has 1 aromatic heterocycles. The monoisotopic (exact) mass is 414 g/mol. The number of fused-ring (bicyclic) bond motifs is 1. The molecule has 2 N–H and O–H groups in total. The van der Waals surface area contributed by atoms with E-state index in [4.69, 9.17) is 4.74 Å². The molecule has 3 aromatic carbocycles. The lowest BCUT2D eigenvalue weighted by Gasteiger charge is -2.19. The van der Waals surface area contributed by atoms with E-state index >= 15 is 0 Å². The lowest BCUT2D eigenvalue weighted by Crippen LogP contribution is -2.21. The maximum absolute atomic E-state index is 13.8. The van der Waals surface area contributed by atoms with Crippen LogP contribution in [0.15, 0.2) is 85.1 Å². The molecule has 1 unspecified atom stereocenters. The fraction of sp³-hybridized carbons (Fsp3) is 0.120. The summed E-state index contributed by atoms with van der Waals surface area (Å²) in [4.78, 5) is 25.1. The third-order valence-corrected chi connectivity index (χ3v) is 5.14. The minimum atomic E-state index is -0.964. The number of para-hydroxylation sites is 1. The number of rotatable bonds is 8. The lowest BCUT2D eigenvalue weighted by atomic mass is 9.96. The molecule has 1 heterocycles. The van der Waals surface area contributed by atoms with Crippen LogP contribution in [0.25, 0.3) is 10.9 Å². The number of hydrogen-bond acceptors (Lipinski definition) is 4. The molecular formula is C25H22N2O4. The average Bonchev–Trinajstić information content (AvgIpc) is 3.15. The first kappa shape index (κ1) is 20.2. The number of ether oxygens (including phenoxy) is 1. The minimum absolute atomic E-state index is 0.144. The summed E-state index contributed by atoms with van der Waals surface area (Å²) in [5, 5.41) is 13.3. The molecule has 0 amide bonds. The van der Waals surface area contributed by atoms with Crippen LogP contribution in [0.3, 0.4) is 0 Å². The zero-order valence-electron chi connectivity index (χ0n) is 17.0. The summed E-state index contributed by atoms with van der Waals surface area (Å²) < 4.78 is 6.90. The Labute approximate surface area is 179 Å². The second kappa shape index (κ2) is 8.75. The standard InChI is InChI=1S/C25H22N2O4/c1-31-19-11-7-10-18(14-19)26-24(17-8-3-2-4-9-17)25(30)21-15-27(16-23(28)29)22-13-6-5-12-20(21)22/h2-15,24,26H,16H2,1H3,(H,28,29). The molecule has 6 heteroatoms. The predicted molar refractivity (Wildman–Crippen MR) is 120 cm³/mol. The number of carboxylic acid groups (broad SMARTS) is 1. The van der Waals surface area contributed by atoms with Gasteiger partial charge in [-0.2, -0.15) is 0 Å². The van der Waals surface area contributed by atoms with Gasteiger partial charge in [0.05, 0.1) is 7.11 Å². The molecule has 156 valence electrons. The van der Waals surface area contributed by atoms with Gasteiger partial charge in [-0.3, -0.25) is 9.59 Å². The van der Waals surface area contributed by atoms with Crippen LogP contribution >= 0.6 is 0 Å². The van der Waals surface area contributed by atoms with Crippen LogP contribution in [0, 0.1) is 0 Å². The van der Waals surface area contributed by atoms with E-state index in [1.54, 1.807) is 17.9 Å². The number of Topliss-reactive ketones (excluding diaryl/α,β-unsaturated/α-hetero) is 1. The van der Waals surface area contributed by atoms with Gasteiger partial charge in [0.2, 0.25) is 0 Å². The third kappa shape index (κ3) is 4.28. The number of carboxylic acids is 1. The highest BCUT2D eigenvalue weighted by atomic mass is 16.5. The molecule has 4 rings (SSSR count). The van der Waals surface area contributed by atoms with Crippen LogP contribution in [0.2, 0.25) is 0 Å². The average molecular weight is 414 g/mol. The number of ketones is 1. The number of benzene rings is 3. The molecule has 6 nitrogen and oxygen atoms in total. The maximum atomic E-state index is 13.8. The van der Waals surface area contributed by atoms with Crippen LogP contribution in [0.5, 0.6) is 5.75 Å². The highest BCUT2D eigenvalue weighted by molar-refractivity contribution is 6.11. The van der Waals surface area contributed by atoms with E-state index in [1.807, 2.05) is 78.9 Å². The van der Waals surface area contributed by atoms with Crippen LogP contribution in [0.1, 0.15) is 22.0 Å². The predicted octanol–water partition coefficient (Wildman–Crippen LogP) is 4.77. The normalized spacial score (nSPS) is 11.8. The first-order chi connectivity index (χ1) is 15.1.